The van der Waals surface area contributed by atoms with Crippen LogP contribution < -0.4 is 14.2 Å². The third-order valence-electron chi connectivity index (χ3n) is 17.7. The number of alkyl halides is 10. The first-order chi connectivity index (χ1) is 50.5. The molecular weight excluding hydrogens is 1410 g/mol. The summed E-state index contributed by atoms with van der Waals surface area (Å²) in [5, 5.41) is 1.97. The second-order valence-corrected chi connectivity index (χ2v) is 25.9. The van der Waals surface area contributed by atoms with E-state index in [-0.39, 0.29) is 51.7 Å². The van der Waals surface area contributed by atoms with Crippen molar-refractivity contribution in [2.24, 2.45) is 0 Å². The average molecular weight is 1500 g/mol. The van der Waals surface area contributed by atoms with Crippen molar-refractivity contribution in [3.8, 4) is 34.1 Å². The van der Waals surface area contributed by atoms with E-state index >= 15 is 0 Å². The van der Waals surface area contributed by atoms with Crippen LogP contribution in [0, 0.1) is 13.8 Å². The van der Waals surface area contributed by atoms with Crippen LogP contribution in [-0.4, -0.2) is 104 Å². The van der Waals surface area contributed by atoms with Crippen LogP contribution in [0.15, 0.2) is 194 Å². The molecule has 1 saturated carbocycles. The molecule has 0 heterocycles. The highest BCUT2D eigenvalue weighted by molar-refractivity contribution is 6.02. The van der Waals surface area contributed by atoms with Gasteiger partial charge in [0.15, 0.2) is 46.3 Å². The highest BCUT2D eigenvalue weighted by atomic mass is 19.4. The molecule has 0 N–H and O–H groups in total. The quantitative estimate of drug-likeness (QED) is 0.0493. The lowest BCUT2D eigenvalue weighted by Gasteiger charge is -2.39. The molecule has 1 aliphatic carbocycles. The van der Waals surface area contributed by atoms with E-state index < -0.39 is 43.1 Å². The predicted molar refractivity (Wildman–Crippen MR) is 397 cm³/mol. The topological polar surface area (TPSA) is 173 Å². The Morgan fingerprint density at radius 2 is 0.657 bits per heavy atom. The molecule has 0 saturated heterocycles. The van der Waals surface area contributed by atoms with E-state index in [1.54, 1.807) is 127 Å². The highest BCUT2D eigenvalue weighted by Gasteiger charge is 2.85. The van der Waals surface area contributed by atoms with Gasteiger partial charge in [0.2, 0.25) is 0 Å². The number of carbonyl (C=O) groups excluding carboxylic acids is 8. The second-order valence-electron chi connectivity index (χ2n) is 25.9. The number of ether oxygens (including phenoxy) is 4. The zero-order valence-electron chi connectivity index (χ0n) is 62.4. The van der Waals surface area contributed by atoms with Crippen LogP contribution in [-0.2, 0) is 10.2 Å². The summed E-state index contributed by atoms with van der Waals surface area (Å²) >= 11 is 0. The lowest BCUT2D eigenvalue weighted by molar-refractivity contribution is -0.401. The molecule has 0 amide bonds. The Kier molecular flexibility index (Phi) is 31.1. The Morgan fingerprint density at radius 1 is 0.352 bits per heavy atom. The molecule has 1 aliphatic rings. The Bertz CT molecular complexity index is 4390. The Balaban J connectivity index is 0.000000235. The van der Waals surface area contributed by atoms with Gasteiger partial charge in [-0.15, -0.1) is 0 Å². The van der Waals surface area contributed by atoms with Crippen LogP contribution in [0.3, 0.4) is 0 Å². The minimum Gasteiger partial charge on any atom is -0.496 e. The van der Waals surface area contributed by atoms with Crippen LogP contribution in [0.2, 0.25) is 0 Å². The molecule has 572 valence electrons. The Hall–Kier alpha value is -10.7. The molecule has 9 aromatic carbocycles. The number of aryl methyl sites for hydroxylation is 2. The van der Waals surface area contributed by atoms with Gasteiger partial charge in [-0.25, -0.2) is 0 Å². The maximum absolute atomic E-state index is 12.8. The smallest absolute Gasteiger partial charge is 0.384 e. The number of methoxy groups -OCH3 is 3. The molecule has 12 nitrogen and oxygen atoms in total. The van der Waals surface area contributed by atoms with Gasteiger partial charge in [0.1, 0.15) is 29.6 Å². The van der Waals surface area contributed by atoms with Gasteiger partial charge < -0.3 is 18.9 Å². The molecular formula is C86H86F10O12. The number of rotatable bonds is 21. The first-order valence-electron chi connectivity index (χ1n) is 34.0. The van der Waals surface area contributed by atoms with Crippen LogP contribution in [0.25, 0.3) is 21.9 Å². The maximum Gasteiger partial charge on any atom is 0.384 e. The largest absolute Gasteiger partial charge is 0.496 e. The molecule has 1 fully saturated rings. The normalized spacial score (nSPS) is 12.5. The number of benzene rings is 9. The van der Waals surface area contributed by atoms with Crippen molar-refractivity contribution < 1.29 is 101 Å². The van der Waals surface area contributed by atoms with Gasteiger partial charge in [-0.2, -0.15) is 43.9 Å². The van der Waals surface area contributed by atoms with Crippen molar-refractivity contribution in [3.63, 3.8) is 0 Å². The Morgan fingerprint density at radius 3 is 0.944 bits per heavy atom. The number of hydrogen-bond donors (Lipinski definition) is 0. The number of ketones is 8. The summed E-state index contributed by atoms with van der Waals surface area (Å²) in [6.07, 6.45) is 6.34. The van der Waals surface area contributed by atoms with E-state index in [0.717, 1.165) is 33.4 Å². The summed E-state index contributed by atoms with van der Waals surface area (Å²) in [7, 11) is 3.89. The summed E-state index contributed by atoms with van der Waals surface area (Å²) in [5.74, 6) is -28.3. The van der Waals surface area contributed by atoms with Gasteiger partial charge in [-0.3, -0.25) is 38.4 Å². The number of fused-ring (bicyclic) bond motifs is 1. The van der Waals surface area contributed by atoms with Gasteiger partial charge in [0, 0.05) is 64.0 Å². The molecule has 0 bridgehead atoms. The zero-order chi connectivity index (χ0) is 80.9. The van der Waals surface area contributed by atoms with Crippen molar-refractivity contribution in [1.29, 1.82) is 0 Å². The fourth-order valence-electron chi connectivity index (χ4n) is 11.3. The summed E-state index contributed by atoms with van der Waals surface area (Å²) < 4.78 is 146. The zero-order valence-corrected chi connectivity index (χ0v) is 62.4. The van der Waals surface area contributed by atoms with Gasteiger partial charge in [-0.05, 0) is 205 Å². The third-order valence-corrected chi connectivity index (χ3v) is 17.7. The highest BCUT2D eigenvalue weighted by Crippen LogP contribution is 2.57. The lowest BCUT2D eigenvalue weighted by Crippen LogP contribution is -2.67. The summed E-state index contributed by atoms with van der Waals surface area (Å²) in [4.78, 5) is 88.9. The van der Waals surface area contributed by atoms with Crippen molar-refractivity contribution in [2.75, 3.05) is 27.9 Å². The summed E-state index contributed by atoms with van der Waals surface area (Å²) in [6.45, 7) is 13.4. The first-order valence-corrected chi connectivity index (χ1v) is 34.0. The fraction of sp³-hybridized carbons (Fsp3) is 0.302. The monoisotopic (exact) mass is 1500 g/mol. The van der Waals surface area contributed by atoms with Gasteiger partial charge in [-0.1, -0.05) is 135 Å². The van der Waals surface area contributed by atoms with Crippen LogP contribution in [0.4, 0.5) is 43.9 Å². The van der Waals surface area contributed by atoms with E-state index in [4.69, 9.17) is 14.2 Å². The van der Waals surface area contributed by atoms with Crippen LogP contribution in [0.5, 0.6) is 23.0 Å². The van der Waals surface area contributed by atoms with E-state index in [2.05, 4.69) is 55.0 Å². The van der Waals surface area contributed by atoms with Gasteiger partial charge in [0.25, 0.3) is 0 Å². The maximum atomic E-state index is 12.8. The molecule has 0 aliphatic heterocycles. The first kappa shape index (κ1) is 87.9. The SMILES string of the molecule is CC(=O)c1ccc(-c2ccc(C(C)=O)cc2)cc1.CC(=O)c1ccc(Oc2ccc(C(C)=O)cc2)cc1.CC(=O)c1ccc2cc(C(C)=O)ccc2c1.CC(=O)c1cccc(C(C)=O)c1.COCC(F)(F)C(F)(F)C(F)(F)C(F)(F)C(C)(F)F.COc1ccc(C2(c3ccc(OC)c(C)c3)CCCCC2)cc1C. The van der Waals surface area contributed by atoms with Crippen LogP contribution in [0.1, 0.15) is 200 Å². The van der Waals surface area contributed by atoms with Crippen LogP contribution >= 0.6 is 0 Å². The Labute approximate surface area is 621 Å². The molecule has 0 radical (unpaired) electrons. The molecule has 0 aromatic heterocycles. The summed E-state index contributed by atoms with van der Waals surface area (Å²) in [6, 6.07) is 60.0. The van der Waals surface area contributed by atoms with E-state index in [0.29, 0.717) is 63.1 Å². The average Bonchev–Trinajstić information content (AvgIpc) is 0.726. The number of Topliss-reactive ketones (excluding diaryl/α,β-unsaturated/α-hetero) is 8. The third kappa shape index (κ3) is 22.7. The van der Waals surface area contributed by atoms with Gasteiger partial charge in [0.05, 0.1) is 14.2 Å². The minimum atomic E-state index is -6.99. The lowest BCUT2D eigenvalue weighted by atomic mass is 9.65. The second kappa shape index (κ2) is 38.2. The molecule has 0 spiro atoms. The molecule has 10 rings (SSSR count). The predicted octanol–water partition coefficient (Wildman–Crippen LogP) is 22.4. The molecule has 9 aromatic rings. The molecule has 22 heteroatoms. The van der Waals surface area contributed by atoms with E-state index in [1.165, 1.54) is 82.1 Å². The van der Waals surface area contributed by atoms with Crippen molar-refractivity contribution in [1.82, 2.24) is 0 Å². The number of hydrogen-bond acceptors (Lipinski definition) is 12. The van der Waals surface area contributed by atoms with E-state index in [9.17, 15) is 82.3 Å². The fourth-order valence-corrected chi connectivity index (χ4v) is 11.3. The molecule has 0 atom stereocenters. The molecule has 108 heavy (non-hydrogen) atoms. The standard InChI is InChI=1S/C22H28O2.C16H14O3.C16H14O2.C14H12O2.C10H10O2.C8H8F10O/c1-16-14-18(8-10-20(16)23-3)22(12-6-5-7-13-22)19-9-11-21(24-4)17(2)15-19;1-11(17)13-3-7-15(8-4-13)19-16-9-5-14(6-10-16)12(2)18;1-11(17)13-3-7-15(8-4-13)16-9-5-14(6-10-16)12(2)18;1-9(15)11-3-5-14-8-12(10(2)16)4-6-13(14)7-11;1-7(11)9-4-3-5-10(6-9)8(2)12;1-4(9,10)6(13,14)8(17,18)7(15,16)5(11,12)3-19-2/h8-11,14-15H,5-7,12-13H2,1-4H3;3-10H,1-2H3;3-10H,1-2H3;3-8H,1-2H3;3-6H,1-2H3;3H2,1-2H3. The van der Waals surface area contributed by atoms with Gasteiger partial charge >= 0.3 is 29.6 Å². The number of carbonyl (C=O) groups is 8. The number of halogens is 10. The molecule has 0 unspecified atom stereocenters. The minimum absolute atomic E-state index is 0.0156. The van der Waals surface area contributed by atoms with Crippen molar-refractivity contribution >= 4 is 57.0 Å². The van der Waals surface area contributed by atoms with Crippen molar-refractivity contribution in [3.05, 3.63) is 261 Å². The van der Waals surface area contributed by atoms with Crippen molar-refractivity contribution in [2.45, 2.75) is 143 Å². The van der Waals surface area contributed by atoms with E-state index in [1.807, 2.05) is 72.8 Å². The summed E-state index contributed by atoms with van der Waals surface area (Å²) in [5.41, 5.74) is 12.7.